The first-order chi connectivity index (χ1) is 14.6. The van der Waals surface area contributed by atoms with Crippen LogP contribution in [0.1, 0.15) is 17.1 Å². The minimum atomic E-state index is 0.305. The average Bonchev–Trinajstić information content (AvgIpc) is 3.33. The molecule has 30 heavy (non-hydrogen) atoms. The summed E-state index contributed by atoms with van der Waals surface area (Å²) >= 11 is 3.79. The van der Waals surface area contributed by atoms with E-state index in [0.29, 0.717) is 6.10 Å². The molecule has 2 aromatic rings. The van der Waals surface area contributed by atoms with E-state index in [4.69, 9.17) is 9.15 Å². The molecular formula is C23H33N3O2S2. The molecule has 1 aromatic heterocycles. The predicted molar refractivity (Wildman–Crippen MR) is 129 cm³/mol. The highest BCUT2D eigenvalue weighted by atomic mass is 32.2. The van der Waals surface area contributed by atoms with Crippen LogP contribution in [-0.4, -0.2) is 55.4 Å². The fourth-order valence-corrected chi connectivity index (χ4v) is 4.85. The maximum absolute atomic E-state index is 5.98. The van der Waals surface area contributed by atoms with Crippen molar-refractivity contribution >= 4 is 23.5 Å². The third kappa shape index (κ3) is 7.85. The van der Waals surface area contributed by atoms with Crippen LogP contribution in [-0.2, 0) is 18.7 Å². The minimum absolute atomic E-state index is 0.305. The lowest BCUT2D eigenvalue weighted by molar-refractivity contribution is 0.259. The Morgan fingerprint density at radius 2 is 1.80 bits per heavy atom. The van der Waals surface area contributed by atoms with E-state index in [-0.39, 0.29) is 0 Å². The fourth-order valence-electron chi connectivity index (χ4n) is 3.24. The molecule has 164 valence electrons. The number of thioether (sulfide) groups is 2. The third-order valence-electron chi connectivity index (χ3n) is 4.62. The largest absolute Gasteiger partial charge is 0.489 e. The van der Waals surface area contributed by atoms with E-state index in [1.165, 1.54) is 5.56 Å². The number of furan rings is 1. The first kappa shape index (κ1) is 23.0. The second kappa shape index (κ2) is 12.2. The van der Waals surface area contributed by atoms with Crippen molar-refractivity contribution < 1.29 is 9.15 Å². The topological polar surface area (TPSA) is 49.7 Å². The highest BCUT2D eigenvalue weighted by molar-refractivity contribution is 7.99. The average molecular weight is 448 g/mol. The lowest BCUT2D eigenvalue weighted by atomic mass is 10.1. The Labute approximate surface area is 189 Å². The van der Waals surface area contributed by atoms with Crippen molar-refractivity contribution in [3.8, 4) is 5.75 Å². The van der Waals surface area contributed by atoms with Gasteiger partial charge in [-0.2, -0.15) is 23.5 Å². The van der Waals surface area contributed by atoms with Gasteiger partial charge in [-0.05, 0) is 37.9 Å². The van der Waals surface area contributed by atoms with Gasteiger partial charge in [0.05, 0.1) is 18.1 Å². The summed E-state index contributed by atoms with van der Waals surface area (Å²) < 4.78 is 11.8. The molecule has 3 rings (SSSR count). The number of benzene rings is 1. The highest BCUT2D eigenvalue weighted by Crippen LogP contribution is 2.29. The summed E-state index contributed by atoms with van der Waals surface area (Å²) in [5.74, 6) is 7.99. The van der Waals surface area contributed by atoms with Crippen molar-refractivity contribution in [1.82, 2.24) is 15.5 Å². The first-order valence-corrected chi connectivity index (χ1v) is 12.7. The molecule has 0 amide bonds. The molecular weight excluding hydrogens is 414 g/mol. The smallest absolute Gasteiger partial charge is 0.123 e. The van der Waals surface area contributed by atoms with Crippen LogP contribution in [0.25, 0.3) is 0 Å². The van der Waals surface area contributed by atoms with E-state index in [1.54, 1.807) is 0 Å². The molecule has 1 aliphatic rings. The van der Waals surface area contributed by atoms with Crippen molar-refractivity contribution in [3.63, 3.8) is 0 Å². The zero-order valence-corrected chi connectivity index (χ0v) is 19.6. The second-order valence-electron chi connectivity index (χ2n) is 7.62. The number of nitrogens with one attached hydrogen (secondary N) is 2. The van der Waals surface area contributed by atoms with Crippen LogP contribution in [0.2, 0.25) is 0 Å². The van der Waals surface area contributed by atoms with E-state index < -0.39 is 0 Å². The first-order valence-electron chi connectivity index (χ1n) is 10.4. The van der Waals surface area contributed by atoms with E-state index >= 15 is 0 Å². The molecule has 0 fully saturated rings. The Hall–Kier alpha value is -1.70. The molecule has 1 aromatic carbocycles. The van der Waals surface area contributed by atoms with Crippen molar-refractivity contribution in [3.05, 3.63) is 65.9 Å². The second-order valence-corrected chi connectivity index (χ2v) is 9.87. The minimum Gasteiger partial charge on any atom is -0.489 e. The normalized spacial score (nSPS) is 15.1. The molecule has 2 heterocycles. The van der Waals surface area contributed by atoms with E-state index in [2.05, 4.69) is 52.4 Å². The van der Waals surface area contributed by atoms with Crippen molar-refractivity contribution in [2.75, 3.05) is 44.4 Å². The Balaban J connectivity index is 1.16. The molecule has 0 spiro atoms. The molecule has 0 radical (unpaired) electrons. The maximum atomic E-state index is 5.98. The predicted octanol–water partition coefficient (Wildman–Crippen LogP) is 3.96. The number of fused-ring (bicyclic) bond motifs is 1. The van der Waals surface area contributed by atoms with Gasteiger partial charge in [-0.1, -0.05) is 24.8 Å². The van der Waals surface area contributed by atoms with Crippen LogP contribution < -0.4 is 15.4 Å². The SMILES string of the molecule is C=C(NCCSCc1ccc(CN(C)C)o1)NCCSCC1Cc2ccccc2O1. The van der Waals surface area contributed by atoms with E-state index in [0.717, 1.165) is 72.2 Å². The van der Waals surface area contributed by atoms with Gasteiger partial charge < -0.3 is 24.7 Å². The summed E-state index contributed by atoms with van der Waals surface area (Å²) in [6.07, 6.45) is 1.33. The fraction of sp³-hybridized carbons (Fsp3) is 0.478. The molecule has 0 saturated carbocycles. The summed E-state index contributed by atoms with van der Waals surface area (Å²) in [6.45, 7) is 6.70. The lowest BCUT2D eigenvalue weighted by Crippen LogP contribution is -2.29. The summed E-state index contributed by atoms with van der Waals surface area (Å²) in [6, 6.07) is 12.5. The molecule has 0 saturated heterocycles. The van der Waals surface area contributed by atoms with Gasteiger partial charge in [0.25, 0.3) is 0 Å². The number of hydrogen-bond acceptors (Lipinski definition) is 7. The maximum Gasteiger partial charge on any atom is 0.123 e. The summed E-state index contributed by atoms with van der Waals surface area (Å²) in [7, 11) is 4.09. The van der Waals surface area contributed by atoms with Crippen molar-refractivity contribution in [1.29, 1.82) is 0 Å². The van der Waals surface area contributed by atoms with Gasteiger partial charge in [-0.15, -0.1) is 0 Å². The summed E-state index contributed by atoms with van der Waals surface area (Å²) in [5.41, 5.74) is 1.33. The number of para-hydroxylation sites is 1. The Bertz CT molecular complexity index is 769. The van der Waals surface area contributed by atoms with E-state index in [1.807, 2.05) is 43.7 Å². The standard InChI is InChI=1S/C23H33N3O2S2/c1-18(24-10-12-29-16-21-9-8-20(27-21)15-26(2)3)25-11-13-30-17-22-14-19-6-4-5-7-23(19)28-22/h4-9,22,24-25H,1,10-17H2,2-3H3. The molecule has 7 heteroatoms. The number of hydrogen-bond donors (Lipinski definition) is 2. The van der Waals surface area contributed by atoms with Crippen LogP contribution in [0.15, 0.2) is 53.2 Å². The molecule has 0 aliphatic carbocycles. The zero-order valence-electron chi connectivity index (χ0n) is 18.0. The Kier molecular flexibility index (Phi) is 9.36. The number of ether oxygens (including phenoxy) is 1. The molecule has 0 bridgehead atoms. The summed E-state index contributed by atoms with van der Waals surface area (Å²) in [5, 5.41) is 6.70. The third-order valence-corrected chi connectivity index (χ3v) is 6.70. The quantitative estimate of drug-likeness (QED) is 0.425. The lowest BCUT2D eigenvalue weighted by Gasteiger charge is -2.13. The van der Waals surface area contributed by atoms with Gasteiger partial charge in [0.15, 0.2) is 0 Å². The Morgan fingerprint density at radius 3 is 2.57 bits per heavy atom. The summed E-state index contributed by atoms with van der Waals surface area (Å²) in [4.78, 5) is 2.11. The monoisotopic (exact) mass is 447 g/mol. The molecule has 2 N–H and O–H groups in total. The van der Waals surface area contributed by atoms with Crippen LogP contribution in [0.5, 0.6) is 5.75 Å². The van der Waals surface area contributed by atoms with Crippen molar-refractivity contribution in [2.45, 2.75) is 24.8 Å². The van der Waals surface area contributed by atoms with Crippen LogP contribution in [0.3, 0.4) is 0 Å². The van der Waals surface area contributed by atoms with Crippen molar-refractivity contribution in [2.24, 2.45) is 0 Å². The zero-order chi connectivity index (χ0) is 21.2. The Morgan fingerprint density at radius 1 is 1.07 bits per heavy atom. The molecule has 1 aliphatic heterocycles. The molecule has 1 atom stereocenters. The van der Waals surface area contributed by atoms with Gasteiger partial charge in [0.2, 0.25) is 0 Å². The van der Waals surface area contributed by atoms with Crippen LogP contribution >= 0.6 is 23.5 Å². The van der Waals surface area contributed by atoms with Gasteiger partial charge in [-0.25, -0.2) is 0 Å². The number of rotatable bonds is 14. The van der Waals surface area contributed by atoms with E-state index in [9.17, 15) is 0 Å². The van der Waals surface area contributed by atoms with Gasteiger partial charge in [0.1, 0.15) is 23.4 Å². The number of nitrogens with zero attached hydrogens (tertiary/aromatic N) is 1. The van der Waals surface area contributed by atoms with Gasteiger partial charge >= 0.3 is 0 Å². The molecule has 5 nitrogen and oxygen atoms in total. The van der Waals surface area contributed by atoms with Crippen LogP contribution in [0.4, 0.5) is 0 Å². The molecule has 1 unspecified atom stereocenters. The van der Waals surface area contributed by atoms with Crippen LogP contribution in [0, 0.1) is 0 Å². The van der Waals surface area contributed by atoms with Gasteiger partial charge in [-0.3, -0.25) is 0 Å². The van der Waals surface area contributed by atoms with Gasteiger partial charge in [0, 0.05) is 36.8 Å². The highest BCUT2D eigenvalue weighted by Gasteiger charge is 2.21.